The van der Waals surface area contributed by atoms with Crippen molar-refractivity contribution in [1.82, 2.24) is 4.98 Å². The Morgan fingerprint density at radius 1 is 1.63 bits per heavy atom. The van der Waals surface area contributed by atoms with E-state index in [4.69, 9.17) is 10.5 Å². The number of carbonyl (C=O) groups is 1. The maximum absolute atomic E-state index is 12.8. The lowest BCUT2D eigenvalue weighted by Gasteiger charge is -2.41. The third-order valence-corrected chi connectivity index (χ3v) is 4.06. The quantitative estimate of drug-likeness (QED) is 0.856. The van der Waals surface area contributed by atoms with Gasteiger partial charge in [0.1, 0.15) is 11.6 Å². The van der Waals surface area contributed by atoms with E-state index in [0.29, 0.717) is 25.2 Å². The van der Waals surface area contributed by atoms with Crippen LogP contribution in [0.3, 0.4) is 0 Å². The normalized spacial score (nSPS) is 35.8. The van der Waals surface area contributed by atoms with Crippen LogP contribution in [0.1, 0.15) is 19.8 Å². The average Bonchev–Trinajstić information content (AvgIpc) is 2.80. The number of pyridine rings is 1. The van der Waals surface area contributed by atoms with Crippen molar-refractivity contribution >= 4 is 11.7 Å². The molecule has 1 amide bonds. The summed E-state index contributed by atoms with van der Waals surface area (Å²) in [6.07, 6.45) is 2.17. The van der Waals surface area contributed by atoms with E-state index in [1.165, 1.54) is 12.1 Å². The summed E-state index contributed by atoms with van der Waals surface area (Å²) in [6, 6.07) is 2.70. The van der Waals surface area contributed by atoms with Crippen molar-refractivity contribution in [1.29, 1.82) is 0 Å². The smallest absolute Gasteiger partial charge is 0.234 e. The number of hydrogen-bond donors (Lipinski definition) is 2. The molecule has 1 unspecified atom stereocenters. The highest BCUT2D eigenvalue weighted by Gasteiger charge is 2.68. The minimum Gasteiger partial charge on any atom is -0.370 e. The van der Waals surface area contributed by atoms with Crippen LogP contribution in [-0.4, -0.2) is 29.1 Å². The number of aromatic nitrogens is 1. The van der Waals surface area contributed by atoms with Crippen LogP contribution in [-0.2, 0) is 9.53 Å². The fourth-order valence-electron chi connectivity index (χ4n) is 3.32. The number of ether oxygens (including phenoxy) is 1. The van der Waals surface area contributed by atoms with E-state index in [0.717, 1.165) is 6.20 Å². The number of nitrogens with two attached hydrogens (primary N) is 1. The molecule has 1 aromatic rings. The number of anilines is 1. The van der Waals surface area contributed by atoms with Gasteiger partial charge in [-0.2, -0.15) is 0 Å². The van der Waals surface area contributed by atoms with Gasteiger partial charge in [0.05, 0.1) is 23.3 Å². The van der Waals surface area contributed by atoms with Crippen LogP contribution in [0.4, 0.5) is 10.2 Å². The van der Waals surface area contributed by atoms with Crippen LogP contribution in [0.5, 0.6) is 0 Å². The molecule has 0 radical (unpaired) electrons. The summed E-state index contributed by atoms with van der Waals surface area (Å²) in [5.74, 6) is -0.231. The van der Waals surface area contributed by atoms with Crippen LogP contribution in [0.15, 0.2) is 18.3 Å². The summed E-state index contributed by atoms with van der Waals surface area (Å²) < 4.78 is 18.6. The van der Waals surface area contributed by atoms with Gasteiger partial charge in [-0.1, -0.05) is 0 Å². The third kappa shape index (κ3) is 1.82. The summed E-state index contributed by atoms with van der Waals surface area (Å²) in [4.78, 5) is 16.2. The molecule has 4 rings (SSSR count). The molecule has 0 aromatic carbocycles. The van der Waals surface area contributed by atoms with E-state index in [2.05, 4.69) is 10.3 Å². The van der Waals surface area contributed by atoms with Crippen molar-refractivity contribution in [3.63, 3.8) is 0 Å². The number of nitrogens with one attached hydrogen (secondary N) is 1. The molecule has 1 aromatic heterocycles. The average molecular weight is 265 g/mol. The molecule has 1 atom stereocenters. The fraction of sp³-hybridized carbons (Fsp3) is 0.538. The lowest BCUT2D eigenvalue weighted by Crippen LogP contribution is -2.52. The summed E-state index contributed by atoms with van der Waals surface area (Å²) in [5, 5.41) is 2.72. The van der Waals surface area contributed by atoms with Gasteiger partial charge in [0.25, 0.3) is 0 Å². The van der Waals surface area contributed by atoms with Crippen LogP contribution < -0.4 is 11.1 Å². The Morgan fingerprint density at radius 3 is 2.95 bits per heavy atom. The van der Waals surface area contributed by atoms with E-state index in [-0.39, 0.29) is 17.6 Å². The Hall–Kier alpha value is -1.53. The van der Waals surface area contributed by atoms with Gasteiger partial charge in [-0.05, 0) is 31.9 Å². The Kier molecular flexibility index (Phi) is 2.62. The molecule has 3 N–H and O–H groups in total. The highest BCUT2D eigenvalue weighted by atomic mass is 19.1. The molecule has 1 saturated carbocycles. The number of halogens is 1. The zero-order valence-electron chi connectivity index (χ0n) is 10.6. The molecule has 19 heavy (non-hydrogen) atoms. The minimum atomic E-state index is -0.556. The maximum Gasteiger partial charge on any atom is 0.234 e. The highest BCUT2D eigenvalue weighted by Crippen LogP contribution is 2.61. The lowest BCUT2D eigenvalue weighted by molar-refractivity contribution is -0.130. The zero-order chi connectivity index (χ0) is 13.7. The molecule has 2 aliphatic heterocycles. The second kappa shape index (κ2) is 3.98. The fourth-order valence-corrected chi connectivity index (χ4v) is 3.32. The molecule has 6 heteroatoms. The van der Waals surface area contributed by atoms with Crippen molar-refractivity contribution < 1.29 is 13.9 Å². The van der Waals surface area contributed by atoms with Gasteiger partial charge < -0.3 is 15.8 Å². The number of rotatable bonds is 3. The summed E-state index contributed by atoms with van der Waals surface area (Å²) in [5.41, 5.74) is 4.90. The van der Waals surface area contributed by atoms with Gasteiger partial charge >= 0.3 is 0 Å². The van der Waals surface area contributed by atoms with Gasteiger partial charge in [0, 0.05) is 6.54 Å². The molecule has 2 bridgehead atoms. The number of fused-ring (bicyclic) bond motifs is 1. The van der Waals surface area contributed by atoms with Crippen molar-refractivity contribution in [3.8, 4) is 0 Å². The SMILES string of the molecule is CC12CC(C(=O)Nc3ccc(F)cn3)(C1)C(CN)O2. The van der Waals surface area contributed by atoms with Gasteiger partial charge in [0.2, 0.25) is 5.91 Å². The number of hydrogen-bond acceptors (Lipinski definition) is 4. The Labute approximate surface area is 110 Å². The highest BCUT2D eigenvalue weighted by molar-refractivity contribution is 5.96. The number of nitrogens with zero attached hydrogens (tertiary/aromatic N) is 1. The van der Waals surface area contributed by atoms with Crippen molar-refractivity contribution in [3.05, 3.63) is 24.1 Å². The standard InChI is InChI=1S/C13H16FN3O2/c1-12-6-13(7-12,9(4-15)19-12)11(18)17-10-3-2-8(14)5-16-10/h2-3,5,9H,4,6-7,15H2,1H3,(H,16,17,18). The molecule has 102 valence electrons. The van der Waals surface area contributed by atoms with E-state index in [9.17, 15) is 9.18 Å². The largest absolute Gasteiger partial charge is 0.370 e. The van der Waals surface area contributed by atoms with E-state index in [1.54, 1.807) is 0 Å². The topological polar surface area (TPSA) is 77.2 Å². The molecule has 3 fully saturated rings. The second-order valence-electron chi connectivity index (χ2n) is 5.62. The first kappa shape index (κ1) is 12.5. The van der Waals surface area contributed by atoms with Crippen molar-refractivity contribution in [2.24, 2.45) is 11.1 Å². The molecule has 3 heterocycles. The van der Waals surface area contributed by atoms with Crippen molar-refractivity contribution in [2.75, 3.05) is 11.9 Å². The van der Waals surface area contributed by atoms with Gasteiger partial charge in [-0.25, -0.2) is 9.37 Å². The van der Waals surface area contributed by atoms with Crippen LogP contribution in [0, 0.1) is 11.2 Å². The summed E-state index contributed by atoms with van der Waals surface area (Å²) >= 11 is 0. The molecule has 2 saturated heterocycles. The molecule has 1 aliphatic carbocycles. The predicted octanol–water partition coefficient (Wildman–Crippen LogP) is 1.06. The predicted molar refractivity (Wildman–Crippen MR) is 66.8 cm³/mol. The molecule has 3 aliphatic rings. The summed E-state index contributed by atoms with van der Waals surface area (Å²) in [7, 11) is 0. The monoisotopic (exact) mass is 265 g/mol. The van der Waals surface area contributed by atoms with Crippen molar-refractivity contribution in [2.45, 2.75) is 31.5 Å². The number of amides is 1. The second-order valence-corrected chi connectivity index (χ2v) is 5.62. The first-order valence-corrected chi connectivity index (χ1v) is 6.28. The Bertz CT molecular complexity index is 511. The summed E-state index contributed by atoms with van der Waals surface area (Å²) in [6.45, 7) is 2.31. The third-order valence-electron chi connectivity index (χ3n) is 4.06. The van der Waals surface area contributed by atoms with Crippen LogP contribution in [0.25, 0.3) is 0 Å². The Morgan fingerprint density at radius 2 is 2.37 bits per heavy atom. The van der Waals surface area contributed by atoms with Gasteiger partial charge in [0.15, 0.2) is 0 Å². The zero-order valence-corrected chi connectivity index (χ0v) is 10.6. The van der Waals surface area contributed by atoms with Gasteiger partial charge in [-0.3, -0.25) is 4.79 Å². The van der Waals surface area contributed by atoms with E-state index < -0.39 is 11.2 Å². The lowest BCUT2D eigenvalue weighted by atomic mass is 9.60. The molecule has 5 nitrogen and oxygen atoms in total. The maximum atomic E-state index is 12.8. The van der Waals surface area contributed by atoms with Crippen LogP contribution in [0.2, 0.25) is 0 Å². The molecular formula is C13H16FN3O2. The number of carbonyl (C=O) groups excluding carboxylic acids is 1. The molecule has 0 spiro atoms. The Balaban J connectivity index is 1.76. The minimum absolute atomic E-state index is 0.142. The first-order chi connectivity index (χ1) is 8.97. The molecular weight excluding hydrogens is 249 g/mol. The first-order valence-electron chi connectivity index (χ1n) is 6.28. The van der Waals surface area contributed by atoms with E-state index in [1.807, 2.05) is 6.92 Å². The van der Waals surface area contributed by atoms with E-state index >= 15 is 0 Å². The van der Waals surface area contributed by atoms with Crippen LogP contribution >= 0.6 is 0 Å². The van der Waals surface area contributed by atoms with Gasteiger partial charge in [-0.15, -0.1) is 0 Å².